The minimum Gasteiger partial charge on any atom is -0.491 e. The number of rotatable bonds is 8. The standard InChI is InChI=1S/C19H19FN2O3/c20-16-6-8-18(9-7-16)25-13-17(23)12-22-19(24)10-5-14-1-3-15(11-21)4-2-14/h1-4,6-9,17,23H,5,10,12-13H2,(H,22,24). The Labute approximate surface area is 145 Å². The molecule has 130 valence electrons. The highest BCUT2D eigenvalue weighted by Crippen LogP contribution is 2.11. The molecule has 1 atom stereocenters. The monoisotopic (exact) mass is 342 g/mol. The molecule has 6 heteroatoms. The number of amides is 1. The highest BCUT2D eigenvalue weighted by molar-refractivity contribution is 5.76. The third-order valence-electron chi connectivity index (χ3n) is 3.51. The van der Waals surface area contributed by atoms with Crippen molar-refractivity contribution in [2.45, 2.75) is 18.9 Å². The van der Waals surface area contributed by atoms with E-state index in [4.69, 9.17) is 10.00 Å². The number of ether oxygens (including phenoxy) is 1. The molecule has 0 aromatic heterocycles. The van der Waals surface area contributed by atoms with Crippen LogP contribution in [0, 0.1) is 17.1 Å². The number of carbonyl (C=O) groups is 1. The first-order valence-corrected chi connectivity index (χ1v) is 7.89. The summed E-state index contributed by atoms with van der Waals surface area (Å²) in [5.41, 5.74) is 1.55. The Kier molecular flexibility index (Phi) is 6.93. The number of hydrogen-bond acceptors (Lipinski definition) is 4. The number of nitriles is 1. The van der Waals surface area contributed by atoms with Crippen LogP contribution in [0.15, 0.2) is 48.5 Å². The van der Waals surface area contributed by atoms with Gasteiger partial charge in [-0.25, -0.2) is 4.39 Å². The van der Waals surface area contributed by atoms with Gasteiger partial charge in [0.15, 0.2) is 0 Å². The van der Waals surface area contributed by atoms with Gasteiger partial charge in [-0.05, 0) is 48.4 Å². The molecule has 2 aromatic carbocycles. The molecule has 0 fully saturated rings. The van der Waals surface area contributed by atoms with Crippen LogP contribution in [0.1, 0.15) is 17.5 Å². The van der Waals surface area contributed by atoms with Crippen molar-refractivity contribution in [1.29, 1.82) is 5.26 Å². The van der Waals surface area contributed by atoms with E-state index >= 15 is 0 Å². The predicted octanol–water partition coefficient (Wildman–Crippen LogP) is 2.19. The summed E-state index contributed by atoms with van der Waals surface area (Å²) in [4.78, 5) is 11.8. The van der Waals surface area contributed by atoms with Crippen LogP contribution in [0.4, 0.5) is 4.39 Å². The fourth-order valence-corrected chi connectivity index (χ4v) is 2.11. The molecule has 0 spiro atoms. The van der Waals surface area contributed by atoms with Gasteiger partial charge in [0.05, 0.1) is 11.6 Å². The quantitative estimate of drug-likeness (QED) is 0.770. The number of aliphatic hydroxyl groups is 1. The van der Waals surface area contributed by atoms with Crippen LogP contribution >= 0.6 is 0 Å². The number of aryl methyl sites for hydroxylation is 1. The lowest BCUT2D eigenvalue weighted by atomic mass is 10.1. The van der Waals surface area contributed by atoms with Gasteiger partial charge in [0.2, 0.25) is 5.91 Å². The minimum absolute atomic E-state index is 0.00152. The zero-order chi connectivity index (χ0) is 18.1. The summed E-state index contributed by atoms with van der Waals surface area (Å²) in [5, 5.41) is 21.2. The molecule has 0 radical (unpaired) electrons. The van der Waals surface area contributed by atoms with E-state index in [1.807, 2.05) is 18.2 Å². The molecule has 0 aliphatic rings. The van der Waals surface area contributed by atoms with Crippen LogP contribution in [0.2, 0.25) is 0 Å². The van der Waals surface area contributed by atoms with Crippen molar-refractivity contribution in [3.8, 4) is 11.8 Å². The van der Waals surface area contributed by atoms with Crippen LogP contribution < -0.4 is 10.1 Å². The maximum atomic E-state index is 12.8. The lowest BCUT2D eigenvalue weighted by molar-refractivity contribution is -0.121. The van der Waals surface area contributed by atoms with Gasteiger partial charge in [0, 0.05) is 13.0 Å². The van der Waals surface area contributed by atoms with Gasteiger partial charge in [-0.3, -0.25) is 4.79 Å². The smallest absolute Gasteiger partial charge is 0.220 e. The molecule has 0 saturated carbocycles. The molecule has 1 amide bonds. The van der Waals surface area contributed by atoms with Crippen molar-refractivity contribution in [2.75, 3.05) is 13.2 Å². The largest absolute Gasteiger partial charge is 0.491 e. The predicted molar refractivity (Wildman–Crippen MR) is 90.4 cm³/mol. The van der Waals surface area contributed by atoms with E-state index < -0.39 is 6.10 Å². The Hall–Kier alpha value is -2.91. The highest BCUT2D eigenvalue weighted by Gasteiger charge is 2.08. The zero-order valence-electron chi connectivity index (χ0n) is 13.6. The Morgan fingerprint density at radius 3 is 2.52 bits per heavy atom. The number of aliphatic hydroxyl groups excluding tert-OH is 1. The second-order valence-electron chi connectivity index (χ2n) is 5.53. The van der Waals surface area contributed by atoms with Crippen molar-refractivity contribution in [3.63, 3.8) is 0 Å². The fraction of sp³-hybridized carbons (Fsp3) is 0.263. The van der Waals surface area contributed by atoms with Crippen molar-refractivity contribution >= 4 is 5.91 Å². The average molecular weight is 342 g/mol. The zero-order valence-corrected chi connectivity index (χ0v) is 13.6. The van der Waals surface area contributed by atoms with Gasteiger partial charge in [0.1, 0.15) is 24.3 Å². The van der Waals surface area contributed by atoms with Crippen molar-refractivity contribution < 1.29 is 19.0 Å². The molecule has 1 unspecified atom stereocenters. The normalized spacial score (nSPS) is 11.4. The van der Waals surface area contributed by atoms with Gasteiger partial charge in [0.25, 0.3) is 0 Å². The van der Waals surface area contributed by atoms with Crippen LogP contribution in [0.5, 0.6) is 5.75 Å². The summed E-state index contributed by atoms with van der Waals surface area (Å²) in [6.45, 7) is 0.0783. The van der Waals surface area contributed by atoms with Gasteiger partial charge in [-0.2, -0.15) is 5.26 Å². The van der Waals surface area contributed by atoms with Crippen LogP contribution in [0.3, 0.4) is 0 Å². The molecule has 0 heterocycles. The summed E-state index contributed by atoms with van der Waals surface area (Å²) in [7, 11) is 0. The number of hydrogen-bond donors (Lipinski definition) is 2. The SMILES string of the molecule is N#Cc1ccc(CCC(=O)NCC(O)COc2ccc(F)cc2)cc1. The van der Waals surface area contributed by atoms with Gasteiger partial charge in [-0.15, -0.1) is 0 Å². The first-order valence-electron chi connectivity index (χ1n) is 7.89. The first-order chi connectivity index (χ1) is 12.1. The van der Waals surface area contributed by atoms with E-state index in [1.54, 1.807) is 12.1 Å². The maximum absolute atomic E-state index is 12.8. The summed E-state index contributed by atoms with van der Waals surface area (Å²) in [6, 6.07) is 14.6. The summed E-state index contributed by atoms with van der Waals surface area (Å²) in [5.74, 6) is -0.0831. The Balaban J connectivity index is 1.64. The van der Waals surface area contributed by atoms with Crippen LogP contribution in [-0.4, -0.2) is 30.3 Å². The molecular formula is C19H19FN2O3. The van der Waals surface area contributed by atoms with Crippen molar-refractivity contribution in [1.82, 2.24) is 5.32 Å². The Morgan fingerprint density at radius 2 is 1.88 bits per heavy atom. The van der Waals surface area contributed by atoms with E-state index in [1.165, 1.54) is 24.3 Å². The van der Waals surface area contributed by atoms with Crippen molar-refractivity contribution in [3.05, 3.63) is 65.5 Å². The van der Waals surface area contributed by atoms with E-state index in [0.717, 1.165) is 5.56 Å². The van der Waals surface area contributed by atoms with Gasteiger partial charge >= 0.3 is 0 Å². The molecule has 2 N–H and O–H groups in total. The number of nitrogens with zero attached hydrogens (tertiary/aromatic N) is 1. The van der Waals surface area contributed by atoms with E-state index in [9.17, 15) is 14.3 Å². The summed E-state index contributed by atoms with van der Waals surface area (Å²) in [6.07, 6.45) is -0.0131. The average Bonchev–Trinajstić information content (AvgIpc) is 2.64. The Morgan fingerprint density at radius 1 is 1.20 bits per heavy atom. The van der Waals surface area contributed by atoms with Crippen LogP contribution in [-0.2, 0) is 11.2 Å². The van der Waals surface area contributed by atoms with Gasteiger partial charge in [-0.1, -0.05) is 12.1 Å². The van der Waals surface area contributed by atoms with Gasteiger partial charge < -0.3 is 15.2 Å². The third-order valence-corrected chi connectivity index (χ3v) is 3.51. The van der Waals surface area contributed by atoms with Crippen LogP contribution in [0.25, 0.3) is 0 Å². The highest BCUT2D eigenvalue weighted by atomic mass is 19.1. The number of carbonyl (C=O) groups excluding carboxylic acids is 1. The minimum atomic E-state index is -0.857. The molecule has 2 rings (SSSR count). The lowest BCUT2D eigenvalue weighted by Crippen LogP contribution is -2.35. The molecule has 25 heavy (non-hydrogen) atoms. The molecular weight excluding hydrogens is 323 g/mol. The Bertz CT molecular complexity index is 724. The second kappa shape index (κ2) is 9.40. The molecule has 0 bridgehead atoms. The summed E-state index contributed by atoms with van der Waals surface area (Å²) < 4.78 is 18.1. The molecule has 2 aromatic rings. The number of nitrogens with one attached hydrogen (secondary N) is 1. The molecule has 0 aliphatic heterocycles. The first kappa shape index (κ1) is 18.4. The molecule has 5 nitrogen and oxygen atoms in total. The summed E-state index contributed by atoms with van der Waals surface area (Å²) >= 11 is 0. The molecule has 0 saturated heterocycles. The van der Waals surface area contributed by atoms with E-state index in [0.29, 0.717) is 17.7 Å². The third kappa shape index (κ3) is 6.61. The fourth-order valence-electron chi connectivity index (χ4n) is 2.11. The lowest BCUT2D eigenvalue weighted by Gasteiger charge is -2.13. The topological polar surface area (TPSA) is 82.4 Å². The van der Waals surface area contributed by atoms with E-state index in [-0.39, 0.29) is 31.3 Å². The second-order valence-corrected chi connectivity index (χ2v) is 5.53. The number of halogens is 1. The molecule has 0 aliphatic carbocycles. The number of benzene rings is 2. The van der Waals surface area contributed by atoms with Crippen molar-refractivity contribution in [2.24, 2.45) is 0 Å². The van der Waals surface area contributed by atoms with E-state index in [2.05, 4.69) is 5.32 Å². The maximum Gasteiger partial charge on any atom is 0.220 e.